The Morgan fingerprint density at radius 1 is 0.481 bits per heavy atom. The molecule has 8 rings (SSSR count). The van der Waals surface area contributed by atoms with Crippen LogP contribution in [0.15, 0.2) is 121 Å². The van der Waals surface area contributed by atoms with Gasteiger partial charge in [0.25, 0.3) is 16.6 Å². The van der Waals surface area contributed by atoms with E-state index in [0.717, 1.165) is 36.3 Å². The van der Waals surface area contributed by atoms with E-state index in [2.05, 4.69) is 215 Å². The van der Waals surface area contributed by atoms with Gasteiger partial charge in [0.1, 0.15) is 34.5 Å². The van der Waals surface area contributed by atoms with Crippen molar-refractivity contribution in [2.45, 2.75) is 232 Å². The molecule has 0 aromatic heterocycles. The maximum atomic E-state index is 11.8. The summed E-state index contributed by atoms with van der Waals surface area (Å²) in [6.07, 6.45) is -2.27. The highest BCUT2D eigenvalue weighted by Gasteiger charge is 2.63. The molecule has 4 fully saturated rings. The quantitative estimate of drug-likeness (QED) is 0.0869. The van der Waals surface area contributed by atoms with Gasteiger partial charge in [-0.1, -0.05) is 231 Å². The van der Waals surface area contributed by atoms with Gasteiger partial charge in [-0.2, -0.15) is 0 Å². The van der Waals surface area contributed by atoms with Gasteiger partial charge in [0, 0.05) is 6.42 Å². The highest BCUT2D eigenvalue weighted by Crippen LogP contribution is 2.46. The van der Waals surface area contributed by atoms with Crippen molar-refractivity contribution in [2.24, 2.45) is 0 Å². The average molecular weight is 1150 g/mol. The second-order valence-corrected chi connectivity index (χ2v) is 43.3. The van der Waals surface area contributed by atoms with Gasteiger partial charge in [-0.25, -0.2) is 0 Å². The van der Waals surface area contributed by atoms with Crippen LogP contribution in [0, 0.1) is 22.9 Å². The normalized spacial score (nSPS) is 25.2. The van der Waals surface area contributed by atoms with E-state index in [1.165, 1.54) is 20.7 Å². The number of aliphatic hydroxyl groups is 1. The van der Waals surface area contributed by atoms with Crippen LogP contribution in [0.2, 0.25) is 46.3 Å². The molecule has 2 unspecified atom stereocenters. The summed E-state index contributed by atoms with van der Waals surface area (Å²) in [5.41, 5.74) is 5.49. The molecule has 434 valence electrons. The second kappa shape index (κ2) is 26.0. The zero-order valence-corrected chi connectivity index (χ0v) is 53.5. The van der Waals surface area contributed by atoms with E-state index in [4.69, 9.17) is 37.3 Å². The van der Waals surface area contributed by atoms with Crippen LogP contribution in [0.3, 0.4) is 0 Å². The summed E-state index contributed by atoms with van der Waals surface area (Å²) in [7, 11) is -9.18. The van der Waals surface area contributed by atoms with E-state index >= 15 is 0 Å². The van der Waals surface area contributed by atoms with Crippen molar-refractivity contribution in [3.05, 3.63) is 121 Å². The average Bonchev–Trinajstić information content (AvgIpc) is 4.30. The molecule has 79 heavy (non-hydrogen) atoms. The Kier molecular flexibility index (Phi) is 21.8. The van der Waals surface area contributed by atoms with Crippen LogP contribution in [0.5, 0.6) is 0 Å². The van der Waals surface area contributed by atoms with Gasteiger partial charge < -0.3 is 42.4 Å². The maximum absolute atomic E-state index is 11.8. The Labute approximate surface area is 482 Å². The minimum absolute atomic E-state index is 0. The van der Waals surface area contributed by atoms with Crippen molar-refractivity contribution in [1.29, 1.82) is 0 Å². The Balaban J connectivity index is 0.000000284. The third kappa shape index (κ3) is 13.6. The maximum Gasteiger partial charge on any atom is 0.261 e. The molecule has 9 nitrogen and oxygen atoms in total. The molecule has 7 atom stereocenters. The Morgan fingerprint density at radius 3 is 1.19 bits per heavy atom. The topological polar surface area (TPSA) is 94.1 Å². The third-order valence-corrected chi connectivity index (χ3v) is 36.6. The fourth-order valence-electron chi connectivity index (χ4n) is 12.2. The minimum Gasteiger partial charge on any atom is -0.403 e. The van der Waals surface area contributed by atoms with E-state index < -0.39 is 80.3 Å². The molecule has 0 spiro atoms. The number of ether oxygens (including phenoxy) is 6. The zero-order valence-electron chi connectivity index (χ0n) is 49.5. The number of aliphatic hydroxyl groups excluding tert-OH is 1. The lowest BCUT2D eigenvalue weighted by Gasteiger charge is -2.44. The molecule has 4 aliphatic heterocycles. The summed E-state index contributed by atoms with van der Waals surface area (Å²) >= 11 is 0. The van der Waals surface area contributed by atoms with Crippen LogP contribution in [0.4, 0.5) is 0 Å². The van der Waals surface area contributed by atoms with Gasteiger partial charge in [-0.3, -0.25) is 0 Å². The van der Waals surface area contributed by atoms with Crippen molar-refractivity contribution < 1.29 is 42.4 Å². The third-order valence-electron chi connectivity index (χ3n) is 17.2. The van der Waals surface area contributed by atoms with E-state index in [1.807, 2.05) is 39.8 Å². The van der Waals surface area contributed by atoms with Crippen LogP contribution in [-0.2, 0) is 37.3 Å². The van der Waals surface area contributed by atoms with E-state index in [-0.39, 0.29) is 37.6 Å². The van der Waals surface area contributed by atoms with E-state index in [0.29, 0.717) is 13.0 Å². The number of hydrogen-bond acceptors (Lipinski definition) is 9. The summed E-state index contributed by atoms with van der Waals surface area (Å²) in [6, 6.07) is 49.2. The molecule has 0 amide bonds. The number of hydrogen-bond donors (Lipinski definition) is 1. The summed E-state index contributed by atoms with van der Waals surface area (Å²) in [5.74, 6) is 5.72. The standard InChI is InChI=1S/C32H46O5Si2.C32H46O4Si2.2CH4/c1-9-38(10-2,11-3)23-22-32(28(33)27-29(37-32)36-31(7,8)35-27)24-34-39(30(4,5)6,25-18-14-12-15-19-25)26-20-16-13-17-21-26;1-9-37(10-2,11-3)23-22-32(24-28-29(36-32)35-31(7,8)34-28)25-33-38(30(4,5)6,26-18-14-12-15-19-26)27-20-16-13-17-21-27;;/h12-21,27-29,33H,9-11,24H2,1-8H3;12-21,28-29H,9-11,24-25H2,1-8H3;2*1H4/t27?,28-,29+,32+;28?,29-,32+;;/m01../s1. The predicted octanol–water partition coefficient (Wildman–Crippen LogP) is 12.7. The molecular formula is C66H100O9Si4. The summed E-state index contributed by atoms with van der Waals surface area (Å²) in [5, 5.41) is 16.3. The summed E-state index contributed by atoms with van der Waals surface area (Å²) in [4.78, 5) is 0. The largest absolute Gasteiger partial charge is 0.403 e. The zero-order chi connectivity index (χ0) is 56.2. The Hall–Kier alpha value is -3.49. The first-order chi connectivity index (χ1) is 36.3. The van der Waals surface area contributed by atoms with E-state index in [1.54, 1.807) is 0 Å². The lowest BCUT2D eigenvalue weighted by molar-refractivity contribution is -0.231. The fraction of sp³-hybridized carbons (Fsp3) is 0.576. The SMILES string of the molecule is C.C.CC[Si](C#C[C@@]1(CO[Si](c2ccccc2)(c2ccccc2)C(C)(C)C)CC2OC(C)(C)O[C@@H]2O1)(CC)CC.CC[Si](C#C[C@]1(CO[Si](c2ccccc2)(c2ccccc2)C(C)(C)C)O[C@H]2OC(C)(C)OC2[C@@H]1O)(CC)CC. The summed E-state index contributed by atoms with van der Waals surface area (Å²) < 4.78 is 52.5. The first-order valence-electron chi connectivity index (χ1n) is 28.6. The van der Waals surface area contributed by atoms with Crippen LogP contribution in [0.1, 0.15) is 132 Å². The van der Waals surface area contributed by atoms with Crippen LogP contribution in [-0.4, -0.2) is 105 Å². The molecule has 13 heteroatoms. The molecule has 4 saturated heterocycles. The second-order valence-electron chi connectivity index (χ2n) is 24.9. The lowest BCUT2D eigenvalue weighted by atomic mass is 9.97. The highest BCUT2D eigenvalue weighted by atomic mass is 28.4. The molecule has 0 bridgehead atoms. The molecular weight excluding hydrogens is 1050 g/mol. The van der Waals surface area contributed by atoms with Gasteiger partial charge in [0.2, 0.25) is 0 Å². The van der Waals surface area contributed by atoms with Gasteiger partial charge in [-0.05, 0) is 94.8 Å². The monoisotopic (exact) mass is 1150 g/mol. The van der Waals surface area contributed by atoms with Gasteiger partial charge in [0.05, 0.1) is 13.2 Å². The smallest absolute Gasteiger partial charge is 0.261 e. The molecule has 1 N–H and O–H groups in total. The molecule has 4 heterocycles. The molecule has 4 aromatic rings. The first kappa shape index (κ1) is 66.3. The highest BCUT2D eigenvalue weighted by molar-refractivity contribution is 7.00. The molecule has 4 aliphatic rings. The predicted molar refractivity (Wildman–Crippen MR) is 336 cm³/mol. The Morgan fingerprint density at radius 2 is 0.835 bits per heavy atom. The van der Waals surface area contributed by atoms with Gasteiger partial charge >= 0.3 is 0 Å². The minimum atomic E-state index is -2.89. The molecule has 0 radical (unpaired) electrons. The van der Waals surface area contributed by atoms with Crippen molar-refractivity contribution in [3.8, 4) is 22.9 Å². The van der Waals surface area contributed by atoms with E-state index in [9.17, 15) is 5.11 Å². The van der Waals surface area contributed by atoms with Gasteiger partial charge in [-0.15, -0.1) is 11.1 Å². The van der Waals surface area contributed by atoms with Crippen LogP contribution in [0.25, 0.3) is 0 Å². The van der Waals surface area contributed by atoms with Crippen LogP contribution >= 0.6 is 0 Å². The van der Waals surface area contributed by atoms with Crippen molar-refractivity contribution in [1.82, 2.24) is 0 Å². The van der Waals surface area contributed by atoms with Crippen molar-refractivity contribution in [3.63, 3.8) is 0 Å². The number of benzene rings is 4. The molecule has 0 saturated carbocycles. The number of rotatable bonds is 16. The Bertz CT molecular complexity index is 2550. The van der Waals surface area contributed by atoms with Crippen LogP contribution < -0.4 is 20.7 Å². The fourth-order valence-corrected chi connectivity index (χ4v) is 26.4. The molecule has 4 aromatic carbocycles. The van der Waals surface area contributed by atoms with Crippen molar-refractivity contribution in [2.75, 3.05) is 13.2 Å². The lowest BCUT2D eigenvalue weighted by Crippen LogP contribution is -2.68. The van der Waals surface area contributed by atoms with Crippen molar-refractivity contribution >= 4 is 53.5 Å². The first-order valence-corrected chi connectivity index (χ1v) is 37.7. The number of fused-ring (bicyclic) bond motifs is 2. The molecule has 0 aliphatic carbocycles. The summed E-state index contributed by atoms with van der Waals surface area (Å²) in [6.45, 7) is 35.3. The van der Waals surface area contributed by atoms with Gasteiger partial charge in [0.15, 0.2) is 35.4 Å².